The Bertz CT molecular complexity index is 369. The van der Waals surface area contributed by atoms with Crippen LogP contribution in [0.5, 0.6) is 0 Å². The molecular weight excluding hydrogens is 421 g/mol. The largest absolute Gasteiger partial charge is 0.382 e. The van der Waals surface area contributed by atoms with Crippen LogP contribution in [0.25, 0.3) is 0 Å². The average molecular weight is 455 g/mol. The van der Waals surface area contributed by atoms with E-state index in [1.54, 1.807) is 0 Å². The lowest BCUT2D eigenvalue weighted by molar-refractivity contribution is 0.129. The molecule has 0 bridgehead atoms. The zero-order chi connectivity index (χ0) is 15.9. The third-order valence-electron chi connectivity index (χ3n) is 4.79. The number of ether oxygens (including phenoxy) is 1. The Balaban J connectivity index is 0.00000264. The van der Waals surface area contributed by atoms with Crippen molar-refractivity contribution in [2.75, 3.05) is 38.6 Å². The number of hydrogen-bond acceptors (Lipinski definition) is 3. The third kappa shape index (κ3) is 7.38. The second kappa shape index (κ2) is 10.3. The topological polar surface area (TPSA) is 45.7 Å². The molecule has 1 aliphatic heterocycles. The summed E-state index contributed by atoms with van der Waals surface area (Å²) in [6.45, 7) is 11.1. The number of thioether (sulfide) groups is 1. The zero-order valence-electron chi connectivity index (χ0n) is 15.0. The van der Waals surface area contributed by atoms with Gasteiger partial charge in [0.2, 0.25) is 0 Å². The first-order valence-corrected chi connectivity index (χ1v) is 9.84. The van der Waals surface area contributed by atoms with Crippen LogP contribution < -0.4 is 10.6 Å². The number of hydrogen-bond donors (Lipinski definition) is 2. The smallest absolute Gasteiger partial charge is 0.191 e. The van der Waals surface area contributed by atoms with Gasteiger partial charge in [0, 0.05) is 37.6 Å². The van der Waals surface area contributed by atoms with Gasteiger partial charge < -0.3 is 15.4 Å². The van der Waals surface area contributed by atoms with Crippen molar-refractivity contribution in [3.63, 3.8) is 0 Å². The van der Waals surface area contributed by atoms with Crippen LogP contribution in [0.4, 0.5) is 0 Å². The summed E-state index contributed by atoms with van der Waals surface area (Å²) >= 11 is 2.09. The minimum Gasteiger partial charge on any atom is -0.382 e. The van der Waals surface area contributed by atoms with E-state index in [4.69, 9.17) is 9.73 Å². The van der Waals surface area contributed by atoms with Crippen LogP contribution in [0.3, 0.4) is 0 Å². The molecule has 0 amide bonds. The van der Waals surface area contributed by atoms with Crippen molar-refractivity contribution in [2.24, 2.45) is 10.4 Å². The van der Waals surface area contributed by atoms with E-state index >= 15 is 0 Å². The molecule has 2 fully saturated rings. The molecule has 1 heterocycles. The van der Waals surface area contributed by atoms with Crippen molar-refractivity contribution in [1.29, 1.82) is 0 Å². The van der Waals surface area contributed by atoms with Gasteiger partial charge in [0.25, 0.3) is 0 Å². The summed E-state index contributed by atoms with van der Waals surface area (Å²) in [4.78, 5) is 4.85. The maximum Gasteiger partial charge on any atom is 0.191 e. The molecule has 4 nitrogen and oxygen atoms in total. The lowest BCUT2D eigenvalue weighted by Gasteiger charge is -2.24. The molecule has 1 saturated heterocycles. The molecule has 23 heavy (non-hydrogen) atoms. The van der Waals surface area contributed by atoms with Crippen LogP contribution in [0.15, 0.2) is 4.99 Å². The van der Waals surface area contributed by atoms with Crippen molar-refractivity contribution < 1.29 is 4.74 Å². The highest BCUT2D eigenvalue weighted by molar-refractivity contribution is 14.0. The van der Waals surface area contributed by atoms with E-state index in [2.05, 4.69) is 43.2 Å². The molecule has 2 N–H and O–H groups in total. The van der Waals surface area contributed by atoms with E-state index in [0.717, 1.165) is 45.2 Å². The van der Waals surface area contributed by atoms with E-state index in [9.17, 15) is 0 Å². The summed E-state index contributed by atoms with van der Waals surface area (Å²) in [6.07, 6.45) is 6.41. The maximum absolute atomic E-state index is 5.51. The van der Waals surface area contributed by atoms with Crippen LogP contribution in [-0.2, 0) is 4.74 Å². The van der Waals surface area contributed by atoms with E-state index in [1.165, 1.54) is 31.4 Å². The highest BCUT2D eigenvalue weighted by Crippen LogP contribution is 2.49. The summed E-state index contributed by atoms with van der Waals surface area (Å²) in [6, 6.07) is 0. The van der Waals surface area contributed by atoms with Crippen LogP contribution in [-0.4, -0.2) is 49.3 Å². The molecular formula is C17H34IN3OS. The van der Waals surface area contributed by atoms with Gasteiger partial charge in [-0.25, -0.2) is 0 Å². The van der Waals surface area contributed by atoms with Crippen LogP contribution in [0.2, 0.25) is 0 Å². The molecule has 0 radical (unpaired) electrons. The first kappa shape index (κ1) is 21.4. The number of rotatable bonds is 9. The van der Waals surface area contributed by atoms with Crippen molar-refractivity contribution in [3.8, 4) is 0 Å². The summed E-state index contributed by atoms with van der Waals surface area (Å²) in [5.41, 5.74) is 0.420. The Hall–Kier alpha value is 0.310. The van der Waals surface area contributed by atoms with Crippen molar-refractivity contribution >= 4 is 41.7 Å². The first-order chi connectivity index (χ1) is 10.6. The van der Waals surface area contributed by atoms with Gasteiger partial charge in [-0.2, -0.15) is 11.8 Å². The number of aliphatic imine (C=N–C) groups is 1. The highest BCUT2D eigenvalue weighted by atomic mass is 127. The van der Waals surface area contributed by atoms with Crippen LogP contribution >= 0.6 is 35.7 Å². The third-order valence-corrected chi connectivity index (χ3v) is 6.32. The fraction of sp³-hybridized carbons (Fsp3) is 0.941. The van der Waals surface area contributed by atoms with Gasteiger partial charge in [-0.3, -0.25) is 4.99 Å². The summed E-state index contributed by atoms with van der Waals surface area (Å²) in [5, 5.41) is 6.95. The number of nitrogens with one attached hydrogen (secondary N) is 2. The number of guanidine groups is 1. The first-order valence-electron chi connectivity index (χ1n) is 8.85. The Labute approximate surface area is 163 Å². The molecule has 0 aromatic rings. The van der Waals surface area contributed by atoms with Gasteiger partial charge in [-0.05, 0) is 64.0 Å². The Morgan fingerprint density at radius 1 is 1.22 bits per heavy atom. The van der Waals surface area contributed by atoms with Gasteiger partial charge in [-0.15, -0.1) is 24.0 Å². The van der Waals surface area contributed by atoms with E-state index in [0.29, 0.717) is 10.2 Å². The van der Waals surface area contributed by atoms with Gasteiger partial charge in [-0.1, -0.05) is 0 Å². The summed E-state index contributed by atoms with van der Waals surface area (Å²) in [7, 11) is 0. The molecule has 1 aliphatic carbocycles. The van der Waals surface area contributed by atoms with Gasteiger partial charge in [0.1, 0.15) is 0 Å². The Kier molecular flexibility index (Phi) is 9.59. The zero-order valence-corrected chi connectivity index (χ0v) is 18.1. The molecule has 1 unspecified atom stereocenters. The SMILES string of the molecule is CCNC(=NCC1(CCOCC)CC1)NCC1(C)CCCS1.I. The molecule has 0 aromatic heterocycles. The van der Waals surface area contributed by atoms with E-state index in [1.807, 2.05) is 0 Å². The molecule has 1 saturated carbocycles. The predicted molar refractivity (Wildman–Crippen MR) is 112 cm³/mol. The molecule has 2 aliphatic rings. The van der Waals surface area contributed by atoms with Crippen molar-refractivity contribution in [1.82, 2.24) is 10.6 Å². The quantitative estimate of drug-likeness (QED) is 0.241. The maximum atomic E-state index is 5.51. The number of nitrogens with zero attached hydrogens (tertiary/aromatic N) is 1. The monoisotopic (exact) mass is 455 g/mol. The fourth-order valence-electron chi connectivity index (χ4n) is 2.93. The second-order valence-corrected chi connectivity index (χ2v) is 8.58. The number of halogens is 1. The fourth-order valence-corrected chi connectivity index (χ4v) is 4.18. The van der Waals surface area contributed by atoms with Crippen molar-refractivity contribution in [2.45, 2.75) is 57.6 Å². The molecule has 2 rings (SSSR count). The Morgan fingerprint density at radius 3 is 2.57 bits per heavy atom. The highest BCUT2D eigenvalue weighted by Gasteiger charge is 2.42. The lowest BCUT2D eigenvalue weighted by Crippen LogP contribution is -2.44. The van der Waals surface area contributed by atoms with Crippen LogP contribution in [0.1, 0.15) is 52.9 Å². The molecule has 1 atom stereocenters. The molecule has 136 valence electrons. The molecule has 6 heteroatoms. The average Bonchev–Trinajstić information content (AvgIpc) is 3.15. The normalized spacial score (nSPS) is 25.8. The molecule has 0 aromatic carbocycles. The van der Waals surface area contributed by atoms with Gasteiger partial charge in [0.05, 0.1) is 0 Å². The standard InChI is InChI=1S/C17H33N3OS.HI/c1-4-18-15(19-13-16(3)7-6-12-22-16)20-14-17(8-9-17)10-11-21-5-2;/h4-14H2,1-3H3,(H2,18,19,20);1H. The minimum absolute atomic E-state index is 0. The van der Waals surface area contributed by atoms with Gasteiger partial charge in [0.15, 0.2) is 5.96 Å². The summed E-state index contributed by atoms with van der Waals surface area (Å²) in [5.74, 6) is 2.28. The van der Waals surface area contributed by atoms with Crippen LogP contribution in [0, 0.1) is 5.41 Å². The van der Waals surface area contributed by atoms with Gasteiger partial charge >= 0.3 is 0 Å². The molecule has 0 spiro atoms. The van der Waals surface area contributed by atoms with E-state index < -0.39 is 0 Å². The van der Waals surface area contributed by atoms with Crippen molar-refractivity contribution in [3.05, 3.63) is 0 Å². The Morgan fingerprint density at radius 2 is 2.00 bits per heavy atom. The lowest BCUT2D eigenvalue weighted by atomic mass is 10.0. The second-order valence-electron chi connectivity index (χ2n) is 6.90. The summed E-state index contributed by atoms with van der Waals surface area (Å²) < 4.78 is 5.89. The predicted octanol–water partition coefficient (Wildman–Crippen LogP) is 3.65. The minimum atomic E-state index is 0. The van der Waals surface area contributed by atoms with E-state index in [-0.39, 0.29) is 24.0 Å².